The average Bonchev–Trinajstić information content (AvgIpc) is 2.89. The summed E-state index contributed by atoms with van der Waals surface area (Å²) in [6.07, 6.45) is 2.29. The zero-order chi connectivity index (χ0) is 15.2. The third kappa shape index (κ3) is 4.01. The number of carbonyl (C=O) groups excluding carboxylic acids is 1. The molecule has 0 unspecified atom stereocenters. The molecule has 0 radical (unpaired) electrons. The lowest BCUT2D eigenvalue weighted by atomic mass is 10.2. The number of amides is 1. The number of rotatable bonds is 6. The van der Waals surface area contributed by atoms with Crippen molar-refractivity contribution >= 4 is 23.1 Å². The molecule has 4 nitrogen and oxygen atoms in total. The van der Waals surface area contributed by atoms with E-state index in [0.29, 0.717) is 13.1 Å². The first-order chi connectivity index (χ1) is 10.1. The number of halogens is 1. The summed E-state index contributed by atoms with van der Waals surface area (Å²) in [7, 11) is 0. The molecule has 2 aromatic heterocycles. The van der Waals surface area contributed by atoms with Gasteiger partial charge in [0.1, 0.15) is 0 Å². The van der Waals surface area contributed by atoms with Crippen molar-refractivity contribution in [3.63, 3.8) is 0 Å². The maximum atomic E-state index is 14.2. The molecule has 6 heteroatoms. The summed E-state index contributed by atoms with van der Waals surface area (Å²) in [5.41, 5.74) is 0.0110. The van der Waals surface area contributed by atoms with Gasteiger partial charge in [-0.25, -0.2) is 9.37 Å². The van der Waals surface area contributed by atoms with Crippen molar-refractivity contribution in [1.29, 1.82) is 0 Å². The van der Waals surface area contributed by atoms with Crippen LogP contribution in [0.25, 0.3) is 0 Å². The van der Waals surface area contributed by atoms with Gasteiger partial charge in [-0.05, 0) is 31.5 Å². The predicted molar refractivity (Wildman–Crippen MR) is 83.2 cm³/mol. The lowest BCUT2D eigenvalue weighted by Crippen LogP contribution is -2.24. The van der Waals surface area contributed by atoms with Crippen molar-refractivity contribution in [3.8, 4) is 0 Å². The zero-order valence-electron chi connectivity index (χ0n) is 12.1. The number of thiophene rings is 1. The highest BCUT2D eigenvalue weighted by molar-refractivity contribution is 7.11. The monoisotopic (exact) mass is 307 g/mol. The highest BCUT2D eigenvalue weighted by Gasteiger charge is 2.15. The Hall–Kier alpha value is -1.95. The molecule has 2 aromatic rings. The molecule has 0 atom stereocenters. The van der Waals surface area contributed by atoms with E-state index in [9.17, 15) is 9.18 Å². The summed E-state index contributed by atoms with van der Waals surface area (Å²) in [6, 6.07) is 5.34. The number of hydrogen-bond donors (Lipinski definition) is 2. The van der Waals surface area contributed by atoms with Gasteiger partial charge < -0.3 is 10.6 Å². The van der Waals surface area contributed by atoms with Crippen molar-refractivity contribution in [1.82, 2.24) is 10.3 Å². The van der Waals surface area contributed by atoms with Crippen molar-refractivity contribution in [2.75, 3.05) is 11.9 Å². The Morgan fingerprint density at radius 2 is 2.19 bits per heavy atom. The van der Waals surface area contributed by atoms with Gasteiger partial charge in [0.25, 0.3) is 5.91 Å². The van der Waals surface area contributed by atoms with Crippen LogP contribution < -0.4 is 10.6 Å². The third-order valence-corrected chi connectivity index (χ3v) is 3.90. The number of anilines is 1. The van der Waals surface area contributed by atoms with Crippen LogP contribution in [0.5, 0.6) is 0 Å². The van der Waals surface area contributed by atoms with E-state index >= 15 is 0 Å². The van der Waals surface area contributed by atoms with Gasteiger partial charge in [-0.3, -0.25) is 4.79 Å². The molecule has 21 heavy (non-hydrogen) atoms. The van der Waals surface area contributed by atoms with Crippen molar-refractivity contribution in [2.45, 2.75) is 26.8 Å². The van der Waals surface area contributed by atoms with Crippen molar-refractivity contribution in [3.05, 3.63) is 45.5 Å². The summed E-state index contributed by atoms with van der Waals surface area (Å²) in [5.74, 6) is -0.914. The molecule has 0 saturated carbocycles. The molecule has 0 aliphatic carbocycles. The summed E-state index contributed by atoms with van der Waals surface area (Å²) in [5, 5.41) is 5.60. The lowest BCUT2D eigenvalue weighted by Gasteiger charge is -2.09. The second kappa shape index (κ2) is 7.17. The topological polar surface area (TPSA) is 54.0 Å². The number of nitrogens with one attached hydrogen (secondary N) is 2. The Morgan fingerprint density at radius 1 is 1.38 bits per heavy atom. The van der Waals surface area contributed by atoms with Gasteiger partial charge in [-0.15, -0.1) is 11.3 Å². The second-order valence-corrected chi connectivity index (χ2v) is 6.02. The first kappa shape index (κ1) is 15.4. The lowest BCUT2D eigenvalue weighted by molar-refractivity contribution is 0.0947. The SMILES string of the molecule is CCCNc1nccc(C(=O)NCc2ccc(C)s2)c1F. The van der Waals surface area contributed by atoms with Crippen LogP contribution in [0.15, 0.2) is 24.4 Å². The molecule has 2 heterocycles. The minimum absolute atomic E-state index is 0.0110. The molecule has 0 fully saturated rings. The molecule has 0 saturated heterocycles. The molecule has 0 aliphatic heterocycles. The highest BCUT2D eigenvalue weighted by Crippen LogP contribution is 2.17. The van der Waals surface area contributed by atoms with Gasteiger partial charge in [0, 0.05) is 22.5 Å². The maximum absolute atomic E-state index is 14.2. The first-order valence-electron chi connectivity index (χ1n) is 6.83. The van der Waals surface area contributed by atoms with E-state index in [2.05, 4.69) is 15.6 Å². The Kier molecular flexibility index (Phi) is 5.27. The van der Waals surface area contributed by atoms with E-state index in [1.54, 1.807) is 11.3 Å². The highest BCUT2D eigenvalue weighted by atomic mass is 32.1. The molecule has 112 valence electrons. The zero-order valence-corrected chi connectivity index (χ0v) is 12.9. The summed E-state index contributed by atoms with van der Waals surface area (Å²) < 4.78 is 14.2. The number of carbonyl (C=O) groups is 1. The normalized spacial score (nSPS) is 10.4. The summed E-state index contributed by atoms with van der Waals surface area (Å²) in [4.78, 5) is 18.2. The van der Waals surface area contributed by atoms with Gasteiger partial charge >= 0.3 is 0 Å². The van der Waals surface area contributed by atoms with Crippen molar-refractivity contribution < 1.29 is 9.18 Å². The largest absolute Gasteiger partial charge is 0.368 e. The average molecular weight is 307 g/mol. The maximum Gasteiger partial charge on any atom is 0.254 e. The van der Waals surface area contributed by atoms with Gasteiger partial charge in [-0.1, -0.05) is 6.92 Å². The van der Waals surface area contributed by atoms with E-state index in [1.807, 2.05) is 26.0 Å². The van der Waals surface area contributed by atoms with Gasteiger partial charge in [0.05, 0.1) is 12.1 Å². The van der Waals surface area contributed by atoms with Crippen LogP contribution in [0.1, 0.15) is 33.5 Å². The van der Waals surface area contributed by atoms with Crippen LogP contribution in [0, 0.1) is 12.7 Å². The van der Waals surface area contributed by atoms with Gasteiger partial charge in [-0.2, -0.15) is 0 Å². The van der Waals surface area contributed by atoms with E-state index in [1.165, 1.54) is 17.1 Å². The van der Waals surface area contributed by atoms with E-state index in [4.69, 9.17) is 0 Å². The second-order valence-electron chi connectivity index (χ2n) is 4.64. The van der Waals surface area contributed by atoms with Crippen LogP contribution in [0.4, 0.5) is 10.2 Å². The van der Waals surface area contributed by atoms with Crippen LogP contribution in [-0.2, 0) is 6.54 Å². The standard InChI is InChI=1S/C15H18FN3OS/c1-3-7-17-14-13(16)12(6-8-18-14)15(20)19-9-11-5-4-10(2)21-11/h4-6,8H,3,7,9H2,1-2H3,(H,17,18)(H,19,20). The number of pyridine rings is 1. The molecular weight excluding hydrogens is 289 g/mol. The van der Waals surface area contributed by atoms with Crippen molar-refractivity contribution in [2.24, 2.45) is 0 Å². The Morgan fingerprint density at radius 3 is 2.86 bits per heavy atom. The van der Waals surface area contributed by atoms with Gasteiger partial charge in [0.15, 0.2) is 11.6 Å². The molecule has 2 rings (SSSR count). The summed E-state index contributed by atoms with van der Waals surface area (Å²) in [6.45, 7) is 5.00. The van der Waals surface area contributed by atoms with Gasteiger partial charge in [0.2, 0.25) is 0 Å². The molecular formula is C15H18FN3OS. The number of aryl methyl sites for hydroxylation is 1. The predicted octanol–water partition coefficient (Wildman–Crippen LogP) is 3.34. The van der Waals surface area contributed by atoms with Crippen LogP contribution >= 0.6 is 11.3 Å². The minimum Gasteiger partial charge on any atom is -0.368 e. The third-order valence-electron chi connectivity index (χ3n) is 2.90. The fraction of sp³-hybridized carbons (Fsp3) is 0.333. The fourth-order valence-electron chi connectivity index (χ4n) is 1.83. The minimum atomic E-state index is -0.606. The number of aromatic nitrogens is 1. The number of hydrogen-bond acceptors (Lipinski definition) is 4. The molecule has 0 aliphatic rings. The Bertz CT molecular complexity index is 627. The Balaban J connectivity index is 2.04. The van der Waals surface area contributed by atoms with E-state index in [0.717, 1.165) is 11.3 Å². The Labute approximate surface area is 127 Å². The molecule has 0 aromatic carbocycles. The summed E-state index contributed by atoms with van der Waals surface area (Å²) >= 11 is 1.61. The van der Waals surface area contributed by atoms with Crippen LogP contribution in [-0.4, -0.2) is 17.4 Å². The quantitative estimate of drug-likeness (QED) is 0.860. The smallest absolute Gasteiger partial charge is 0.254 e. The molecule has 0 bridgehead atoms. The fourth-order valence-corrected chi connectivity index (χ4v) is 2.66. The first-order valence-corrected chi connectivity index (χ1v) is 7.65. The van der Waals surface area contributed by atoms with E-state index < -0.39 is 11.7 Å². The van der Waals surface area contributed by atoms with E-state index in [-0.39, 0.29) is 11.4 Å². The van der Waals surface area contributed by atoms with Crippen LogP contribution in [0.3, 0.4) is 0 Å². The number of nitrogens with zero attached hydrogens (tertiary/aromatic N) is 1. The van der Waals surface area contributed by atoms with Crippen LogP contribution in [0.2, 0.25) is 0 Å². The molecule has 0 spiro atoms. The molecule has 1 amide bonds. The molecule has 2 N–H and O–H groups in total.